The van der Waals surface area contributed by atoms with Gasteiger partial charge in [0.2, 0.25) is 5.95 Å². The number of hydrogen-bond donors (Lipinski definition) is 1. The van der Waals surface area contributed by atoms with E-state index in [0.29, 0.717) is 12.0 Å². The molecule has 1 aromatic heterocycles. The molecule has 23 heavy (non-hydrogen) atoms. The second kappa shape index (κ2) is 7.62. The smallest absolute Gasteiger partial charge is 0.274 e. The first-order valence-corrected chi connectivity index (χ1v) is 7.32. The minimum Gasteiger partial charge on any atom is -0.344 e. The van der Waals surface area contributed by atoms with Crippen LogP contribution in [0.2, 0.25) is 0 Å². The Kier molecular flexibility index (Phi) is 5.56. The van der Waals surface area contributed by atoms with Gasteiger partial charge in [-0.1, -0.05) is 13.3 Å². The minimum atomic E-state index is -0.840. The highest BCUT2D eigenvalue weighted by Crippen LogP contribution is 2.16. The Labute approximate surface area is 133 Å². The molecular formula is C16H18F2N4O. The topological polar surface area (TPSA) is 58.1 Å². The molecule has 1 aromatic carbocycles. The maximum atomic E-state index is 13.6. The van der Waals surface area contributed by atoms with Crippen molar-refractivity contribution in [2.24, 2.45) is 0 Å². The lowest BCUT2D eigenvalue weighted by Crippen LogP contribution is -2.23. The molecule has 5 nitrogen and oxygen atoms in total. The summed E-state index contributed by atoms with van der Waals surface area (Å²) in [6.45, 7) is 2.85. The predicted molar refractivity (Wildman–Crippen MR) is 84.5 cm³/mol. The first-order valence-electron chi connectivity index (χ1n) is 7.32. The van der Waals surface area contributed by atoms with Crippen LogP contribution in [0.5, 0.6) is 0 Å². The van der Waals surface area contributed by atoms with E-state index in [9.17, 15) is 13.6 Å². The summed E-state index contributed by atoms with van der Waals surface area (Å²) >= 11 is 0. The summed E-state index contributed by atoms with van der Waals surface area (Å²) in [4.78, 5) is 22.3. The van der Waals surface area contributed by atoms with Gasteiger partial charge in [-0.25, -0.2) is 18.7 Å². The fourth-order valence-electron chi connectivity index (χ4n) is 1.93. The third-order valence-corrected chi connectivity index (χ3v) is 3.24. The van der Waals surface area contributed by atoms with Gasteiger partial charge < -0.3 is 10.2 Å². The Morgan fingerprint density at radius 2 is 2.09 bits per heavy atom. The molecule has 0 aliphatic rings. The summed E-state index contributed by atoms with van der Waals surface area (Å²) in [5, 5.41) is 2.37. The molecule has 7 heteroatoms. The molecule has 1 heterocycles. The zero-order chi connectivity index (χ0) is 16.8. The van der Waals surface area contributed by atoms with E-state index in [2.05, 4.69) is 22.2 Å². The molecule has 0 fully saturated rings. The molecule has 0 spiro atoms. The number of rotatable bonds is 6. The molecule has 2 aromatic rings. The van der Waals surface area contributed by atoms with Gasteiger partial charge in [0.25, 0.3) is 5.91 Å². The zero-order valence-corrected chi connectivity index (χ0v) is 13.0. The molecule has 0 atom stereocenters. The lowest BCUT2D eigenvalue weighted by Gasteiger charge is -2.16. The largest absolute Gasteiger partial charge is 0.344 e. The van der Waals surface area contributed by atoms with Crippen LogP contribution in [0.1, 0.15) is 30.3 Å². The highest BCUT2D eigenvalue weighted by molar-refractivity contribution is 6.03. The number of halogens is 2. The van der Waals surface area contributed by atoms with Crippen LogP contribution in [0.4, 0.5) is 20.4 Å². The molecule has 1 amide bonds. The van der Waals surface area contributed by atoms with Crippen molar-refractivity contribution >= 4 is 17.5 Å². The molecule has 0 saturated carbocycles. The third kappa shape index (κ3) is 4.45. The molecule has 0 bridgehead atoms. The van der Waals surface area contributed by atoms with Crippen molar-refractivity contribution in [1.29, 1.82) is 0 Å². The van der Waals surface area contributed by atoms with Crippen molar-refractivity contribution in [3.05, 3.63) is 47.8 Å². The standard InChI is InChI=1S/C16H18F2N4O/c1-3-4-9-22(2)16-19-8-7-14(21-16)15(23)20-13-6-5-11(17)10-12(13)18/h5-8,10H,3-4,9H2,1-2H3,(H,20,23). The van der Waals surface area contributed by atoms with Crippen molar-refractivity contribution in [3.8, 4) is 0 Å². The van der Waals surface area contributed by atoms with Crippen LogP contribution < -0.4 is 10.2 Å². The average Bonchev–Trinajstić information content (AvgIpc) is 2.55. The fourth-order valence-corrected chi connectivity index (χ4v) is 1.93. The van der Waals surface area contributed by atoms with Crippen LogP contribution >= 0.6 is 0 Å². The van der Waals surface area contributed by atoms with Gasteiger partial charge in [-0.3, -0.25) is 4.79 Å². The monoisotopic (exact) mass is 320 g/mol. The molecule has 0 unspecified atom stereocenters. The Hall–Kier alpha value is -2.57. The number of hydrogen-bond acceptors (Lipinski definition) is 4. The predicted octanol–water partition coefficient (Wildman–Crippen LogP) is 3.24. The van der Waals surface area contributed by atoms with E-state index in [1.165, 1.54) is 12.3 Å². The molecule has 2 rings (SSSR count). The lowest BCUT2D eigenvalue weighted by atomic mass is 10.3. The van der Waals surface area contributed by atoms with Crippen LogP contribution in [-0.4, -0.2) is 29.5 Å². The molecule has 0 aliphatic carbocycles. The van der Waals surface area contributed by atoms with E-state index >= 15 is 0 Å². The number of benzene rings is 1. The van der Waals surface area contributed by atoms with E-state index in [-0.39, 0.29) is 11.4 Å². The second-order valence-corrected chi connectivity index (χ2v) is 5.10. The maximum Gasteiger partial charge on any atom is 0.274 e. The summed E-state index contributed by atoms with van der Waals surface area (Å²) in [6, 6.07) is 4.38. The summed E-state index contributed by atoms with van der Waals surface area (Å²) < 4.78 is 26.5. The molecule has 1 N–H and O–H groups in total. The van der Waals surface area contributed by atoms with Crippen LogP contribution in [0.3, 0.4) is 0 Å². The lowest BCUT2D eigenvalue weighted by molar-refractivity contribution is 0.102. The van der Waals surface area contributed by atoms with Crippen LogP contribution in [0.25, 0.3) is 0 Å². The number of amides is 1. The van der Waals surface area contributed by atoms with Gasteiger partial charge in [0.15, 0.2) is 0 Å². The maximum absolute atomic E-state index is 13.6. The molecule has 0 aliphatic heterocycles. The van der Waals surface area contributed by atoms with Crippen molar-refractivity contribution in [2.75, 3.05) is 23.8 Å². The number of anilines is 2. The summed E-state index contributed by atoms with van der Waals surface area (Å²) in [7, 11) is 1.84. The number of nitrogens with zero attached hydrogens (tertiary/aromatic N) is 3. The Morgan fingerprint density at radius 1 is 1.30 bits per heavy atom. The van der Waals surface area contributed by atoms with E-state index < -0.39 is 17.5 Å². The SMILES string of the molecule is CCCCN(C)c1nccc(C(=O)Nc2ccc(F)cc2F)n1. The van der Waals surface area contributed by atoms with Crippen molar-refractivity contribution in [2.45, 2.75) is 19.8 Å². The second-order valence-electron chi connectivity index (χ2n) is 5.10. The minimum absolute atomic E-state index is 0.101. The zero-order valence-electron chi connectivity index (χ0n) is 13.0. The fraction of sp³-hybridized carbons (Fsp3) is 0.312. The Morgan fingerprint density at radius 3 is 2.78 bits per heavy atom. The number of aromatic nitrogens is 2. The summed E-state index contributed by atoms with van der Waals surface area (Å²) in [6.07, 6.45) is 3.49. The number of carbonyl (C=O) groups is 1. The highest BCUT2D eigenvalue weighted by Gasteiger charge is 2.13. The van der Waals surface area contributed by atoms with Gasteiger partial charge in [-0.05, 0) is 24.6 Å². The Balaban J connectivity index is 2.13. The van der Waals surface area contributed by atoms with Gasteiger partial charge in [0.05, 0.1) is 5.69 Å². The van der Waals surface area contributed by atoms with Crippen molar-refractivity contribution in [3.63, 3.8) is 0 Å². The van der Waals surface area contributed by atoms with E-state index in [1.807, 2.05) is 11.9 Å². The normalized spacial score (nSPS) is 10.4. The summed E-state index contributed by atoms with van der Waals surface area (Å²) in [5.74, 6) is -1.70. The average molecular weight is 320 g/mol. The first kappa shape index (κ1) is 16.8. The van der Waals surface area contributed by atoms with Gasteiger partial charge in [0.1, 0.15) is 17.3 Å². The Bertz CT molecular complexity index is 694. The molecule has 0 saturated heterocycles. The molecule has 122 valence electrons. The van der Waals surface area contributed by atoms with Crippen LogP contribution in [0, 0.1) is 11.6 Å². The van der Waals surface area contributed by atoms with Crippen molar-refractivity contribution in [1.82, 2.24) is 9.97 Å². The van der Waals surface area contributed by atoms with Crippen LogP contribution in [-0.2, 0) is 0 Å². The van der Waals surface area contributed by atoms with Gasteiger partial charge in [0, 0.05) is 25.9 Å². The number of carbonyl (C=O) groups excluding carboxylic acids is 1. The van der Waals surface area contributed by atoms with E-state index in [1.54, 1.807) is 0 Å². The molecule has 0 radical (unpaired) electrons. The van der Waals surface area contributed by atoms with Crippen LogP contribution in [0.15, 0.2) is 30.5 Å². The molecular weight excluding hydrogens is 302 g/mol. The van der Waals surface area contributed by atoms with Gasteiger partial charge >= 0.3 is 0 Å². The highest BCUT2D eigenvalue weighted by atomic mass is 19.1. The first-order chi connectivity index (χ1) is 11.0. The van der Waals surface area contributed by atoms with E-state index in [0.717, 1.165) is 31.5 Å². The van der Waals surface area contributed by atoms with Gasteiger partial charge in [-0.2, -0.15) is 0 Å². The number of nitrogens with one attached hydrogen (secondary N) is 1. The third-order valence-electron chi connectivity index (χ3n) is 3.24. The quantitative estimate of drug-likeness (QED) is 0.888. The summed E-state index contributed by atoms with van der Waals surface area (Å²) in [5.41, 5.74) is 0.0120. The van der Waals surface area contributed by atoms with Gasteiger partial charge in [-0.15, -0.1) is 0 Å². The number of unbranched alkanes of at least 4 members (excludes halogenated alkanes) is 1. The van der Waals surface area contributed by atoms with Crippen molar-refractivity contribution < 1.29 is 13.6 Å². The van der Waals surface area contributed by atoms with E-state index in [4.69, 9.17) is 0 Å².